The van der Waals surface area contributed by atoms with E-state index in [1.54, 1.807) is 13.8 Å². The van der Waals surface area contributed by atoms with Crippen molar-refractivity contribution in [3.05, 3.63) is 26.7 Å². The van der Waals surface area contributed by atoms with Crippen LogP contribution in [-0.2, 0) is 4.74 Å². The highest BCUT2D eigenvalue weighted by Gasteiger charge is 2.21. The quantitative estimate of drug-likeness (QED) is 0.510. The number of nitrogen functional groups attached to an aromatic ring is 1. The van der Waals surface area contributed by atoms with Crippen molar-refractivity contribution in [1.82, 2.24) is 0 Å². The lowest BCUT2D eigenvalue weighted by molar-refractivity contribution is 0.0379. The van der Waals surface area contributed by atoms with Crippen LogP contribution in [0.25, 0.3) is 0 Å². The molecule has 0 saturated heterocycles. The van der Waals surface area contributed by atoms with Crippen LogP contribution in [0.15, 0.2) is 6.07 Å². The van der Waals surface area contributed by atoms with Crippen molar-refractivity contribution in [3.8, 4) is 0 Å². The number of hydrogen-bond acceptors (Lipinski definition) is 3. The summed E-state index contributed by atoms with van der Waals surface area (Å²) >= 11 is 17.5. The van der Waals surface area contributed by atoms with Crippen LogP contribution in [0.2, 0.25) is 15.1 Å². The number of halogens is 3. The summed E-state index contributed by atoms with van der Waals surface area (Å²) < 4.78 is 4.99. The van der Waals surface area contributed by atoms with Crippen LogP contribution in [-0.4, -0.2) is 12.1 Å². The molecule has 0 bridgehead atoms. The van der Waals surface area contributed by atoms with Crippen molar-refractivity contribution in [2.75, 3.05) is 5.73 Å². The van der Waals surface area contributed by atoms with Gasteiger partial charge in [0.2, 0.25) is 0 Å². The van der Waals surface area contributed by atoms with Crippen LogP contribution in [0.4, 0.5) is 5.69 Å². The zero-order chi connectivity index (χ0) is 12.5. The Hall–Kier alpha value is -0.640. The number of anilines is 1. The summed E-state index contributed by atoms with van der Waals surface area (Å²) in [4.78, 5) is 11.7. The maximum atomic E-state index is 11.7. The van der Waals surface area contributed by atoms with Crippen LogP contribution in [0.3, 0.4) is 0 Å². The normalized spacial score (nSPS) is 10.6. The minimum Gasteiger partial charge on any atom is -0.459 e. The molecule has 0 aliphatic rings. The molecule has 0 aliphatic heterocycles. The van der Waals surface area contributed by atoms with Gasteiger partial charge in [0, 0.05) is 0 Å². The molecule has 0 aliphatic carbocycles. The molecule has 0 heterocycles. The van der Waals surface area contributed by atoms with E-state index in [9.17, 15) is 4.79 Å². The van der Waals surface area contributed by atoms with E-state index in [4.69, 9.17) is 45.3 Å². The number of nitrogens with two attached hydrogens (primary N) is 1. The van der Waals surface area contributed by atoms with Gasteiger partial charge in [0.05, 0.1) is 26.9 Å². The summed E-state index contributed by atoms with van der Waals surface area (Å²) in [6.07, 6.45) is -0.277. The fourth-order valence-electron chi connectivity index (χ4n) is 1.08. The molecule has 0 aromatic heterocycles. The second-order valence-corrected chi connectivity index (χ2v) is 4.59. The number of esters is 1. The Morgan fingerprint density at radius 1 is 1.31 bits per heavy atom. The Morgan fingerprint density at radius 3 is 2.38 bits per heavy atom. The predicted octanol–water partition coefficient (Wildman–Crippen LogP) is 3.79. The van der Waals surface area contributed by atoms with Gasteiger partial charge in [-0.05, 0) is 19.9 Å². The second kappa shape index (κ2) is 5.13. The second-order valence-electron chi connectivity index (χ2n) is 3.40. The van der Waals surface area contributed by atoms with Gasteiger partial charge in [-0.15, -0.1) is 0 Å². The SMILES string of the molecule is CC(C)OC(=O)c1c(N)c(Cl)cc(Cl)c1Cl. The Bertz CT molecular complexity index is 406. The van der Waals surface area contributed by atoms with Gasteiger partial charge >= 0.3 is 5.97 Å². The van der Waals surface area contributed by atoms with Gasteiger partial charge in [0.1, 0.15) is 5.56 Å². The molecule has 2 N–H and O–H groups in total. The minimum absolute atomic E-state index is 0.00728. The Morgan fingerprint density at radius 2 is 1.88 bits per heavy atom. The summed E-state index contributed by atoms with van der Waals surface area (Å²) in [5.74, 6) is -0.637. The zero-order valence-corrected chi connectivity index (χ0v) is 11.0. The van der Waals surface area contributed by atoms with Gasteiger partial charge < -0.3 is 10.5 Å². The summed E-state index contributed by atoms with van der Waals surface area (Å²) in [6.45, 7) is 3.43. The first kappa shape index (κ1) is 13.4. The molecule has 6 heteroatoms. The maximum absolute atomic E-state index is 11.7. The molecule has 1 aromatic rings. The van der Waals surface area contributed by atoms with E-state index in [0.717, 1.165) is 0 Å². The predicted molar refractivity (Wildman–Crippen MR) is 66.4 cm³/mol. The highest BCUT2D eigenvalue weighted by atomic mass is 35.5. The van der Waals surface area contributed by atoms with Crippen LogP contribution < -0.4 is 5.73 Å². The summed E-state index contributed by atoms with van der Waals surface area (Å²) in [5.41, 5.74) is 5.73. The molecule has 0 atom stereocenters. The third kappa shape index (κ3) is 2.73. The van der Waals surface area contributed by atoms with Crippen molar-refractivity contribution in [2.45, 2.75) is 20.0 Å². The van der Waals surface area contributed by atoms with E-state index < -0.39 is 5.97 Å². The number of carbonyl (C=O) groups excluding carboxylic acids is 1. The number of benzene rings is 1. The van der Waals surface area contributed by atoms with Crippen molar-refractivity contribution < 1.29 is 9.53 Å². The number of carbonyl (C=O) groups is 1. The topological polar surface area (TPSA) is 52.3 Å². The molecule has 3 nitrogen and oxygen atoms in total. The van der Waals surface area contributed by atoms with Gasteiger partial charge in [-0.1, -0.05) is 34.8 Å². The average molecular weight is 283 g/mol. The third-order valence-corrected chi connectivity index (χ3v) is 2.86. The molecule has 1 aromatic carbocycles. The smallest absolute Gasteiger partial charge is 0.342 e. The Kier molecular flexibility index (Phi) is 4.30. The molecular weight excluding hydrogens is 272 g/mol. The van der Waals surface area contributed by atoms with Crippen molar-refractivity contribution >= 4 is 46.5 Å². The largest absolute Gasteiger partial charge is 0.459 e. The molecule has 0 fully saturated rings. The Labute approximate surface area is 108 Å². The standard InChI is InChI=1S/C10H10Cl3NO2/c1-4(2)16-10(15)7-8(13)5(11)3-6(12)9(7)14/h3-4H,14H2,1-2H3. The molecule has 0 amide bonds. The summed E-state index contributed by atoms with van der Waals surface area (Å²) in [5, 5.41) is 0.385. The zero-order valence-electron chi connectivity index (χ0n) is 8.68. The highest BCUT2D eigenvalue weighted by Crippen LogP contribution is 2.36. The lowest BCUT2D eigenvalue weighted by Crippen LogP contribution is -2.14. The van der Waals surface area contributed by atoms with Gasteiger partial charge in [-0.3, -0.25) is 0 Å². The van der Waals surface area contributed by atoms with E-state index >= 15 is 0 Å². The number of hydrogen-bond donors (Lipinski definition) is 1. The highest BCUT2D eigenvalue weighted by molar-refractivity contribution is 6.46. The lowest BCUT2D eigenvalue weighted by Gasteiger charge is -2.12. The van der Waals surface area contributed by atoms with E-state index in [-0.39, 0.29) is 32.4 Å². The van der Waals surface area contributed by atoms with Gasteiger partial charge in [-0.2, -0.15) is 0 Å². The first-order chi connectivity index (χ1) is 7.34. The van der Waals surface area contributed by atoms with Crippen molar-refractivity contribution in [1.29, 1.82) is 0 Å². The summed E-state index contributed by atoms with van der Waals surface area (Å²) in [7, 11) is 0. The van der Waals surface area contributed by atoms with Gasteiger partial charge in [0.25, 0.3) is 0 Å². The van der Waals surface area contributed by atoms with Gasteiger partial charge in [-0.25, -0.2) is 4.79 Å². The molecule has 0 saturated carbocycles. The van der Waals surface area contributed by atoms with Crippen molar-refractivity contribution in [3.63, 3.8) is 0 Å². The fraction of sp³-hybridized carbons (Fsp3) is 0.300. The first-order valence-corrected chi connectivity index (χ1v) is 5.62. The maximum Gasteiger partial charge on any atom is 0.342 e. The molecule has 0 radical (unpaired) electrons. The van der Waals surface area contributed by atoms with E-state index in [2.05, 4.69) is 0 Å². The van der Waals surface area contributed by atoms with Crippen LogP contribution >= 0.6 is 34.8 Å². The van der Waals surface area contributed by atoms with Crippen molar-refractivity contribution in [2.24, 2.45) is 0 Å². The third-order valence-electron chi connectivity index (χ3n) is 1.76. The van der Waals surface area contributed by atoms with Crippen LogP contribution in [0.5, 0.6) is 0 Å². The van der Waals surface area contributed by atoms with Crippen LogP contribution in [0, 0.1) is 0 Å². The molecule has 0 spiro atoms. The molecule has 0 unspecified atom stereocenters. The number of ether oxygens (including phenoxy) is 1. The average Bonchev–Trinajstić information content (AvgIpc) is 2.14. The van der Waals surface area contributed by atoms with Gasteiger partial charge in [0.15, 0.2) is 0 Å². The molecule has 88 valence electrons. The Balaban J connectivity index is 3.27. The lowest BCUT2D eigenvalue weighted by atomic mass is 10.2. The monoisotopic (exact) mass is 281 g/mol. The minimum atomic E-state index is -0.637. The summed E-state index contributed by atoms with van der Waals surface area (Å²) in [6, 6.07) is 1.38. The molecule has 1 rings (SSSR count). The van der Waals surface area contributed by atoms with E-state index in [1.807, 2.05) is 0 Å². The molecule has 16 heavy (non-hydrogen) atoms. The number of rotatable bonds is 2. The van der Waals surface area contributed by atoms with Crippen LogP contribution in [0.1, 0.15) is 24.2 Å². The van der Waals surface area contributed by atoms with E-state index in [1.165, 1.54) is 6.07 Å². The molecular formula is C10H10Cl3NO2. The fourth-order valence-corrected chi connectivity index (χ4v) is 1.78. The first-order valence-electron chi connectivity index (χ1n) is 4.48. The van der Waals surface area contributed by atoms with E-state index in [0.29, 0.717) is 0 Å².